The topological polar surface area (TPSA) is 43.1 Å². The van der Waals surface area contributed by atoms with Crippen LogP contribution in [0, 0.1) is 10.1 Å². The molecule has 15 heavy (non-hydrogen) atoms. The molecule has 0 saturated heterocycles. The maximum absolute atomic E-state index is 10.7. The molecule has 0 aliphatic carbocycles. The van der Waals surface area contributed by atoms with Crippen LogP contribution in [0.5, 0.6) is 0 Å². The summed E-state index contributed by atoms with van der Waals surface area (Å²) >= 11 is 0. The fraction of sp³-hybridized carbons (Fsp3) is 0.500. The third kappa shape index (κ3) is 2.35. The van der Waals surface area contributed by atoms with Crippen LogP contribution in [0.3, 0.4) is 0 Å². The molecule has 0 spiro atoms. The van der Waals surface area contributed by atoms with Crippen molar-refractivity contribution in [2.24, 2.45) is 0 Å². The summed E-state index contributed by atoms with van der Waals surface area (Å²) in [5, 5.41) is 10.7. The van der Waals surface area contributed by atoms with Crippen molar-refractivity contribution >= 4 is 5.69 Å². The van der Waals surface area contributed by atoms with Gasteiger partial charge in [0.25, 0.3) is 5.69 Å². The minimum Gasteiger partial charge on any atom is -0.258 e. The lowest BCUT2D eigenvalue weighted by Gasteiger charge is -2.10. The number of non-ortho nitro benzene ring substituents is 1. The van der Waals surface area contributed by atoms with Gasteiger partial charge in [0.15, 0.2) is 0 Å². The molecule has 1 rings (SSSR count). The van der Waals surface area contributed by atoms with Gasteiger partial charge in [0.1, 0.15) is 0 Å². The van der Waals surface area contributed by atoms with E-state index in [9.17, 15) is 10.1 Å². The van der Waals surface area contributed by atoms with Crippen LogP contribution < -0.4 is 0 Å². The second-order valence-electron chi connectivity index (χ2n) is 3.56. The Balaban J connectivity index is 3.35. The molecule has 0 aliphatic rings. The van der Waals surface area contributed by atoms with Crippen LogP contribution in [0.4, 0.5) is 5.69 Å². The number of benzene rings is 1. The summed E-state index contributed by atoms with van der Waals surface area (Å²) in [5.74, 6) is 0. The molecule has 0 bridgehead atoms. The van der Waals surface area contributed by atoms with Crippen molar-refractivity contribution in [1.82, 2.24) is 0 Å². The zero-order valence-electron chi connectivity index (χ0n) is 9.54. The fourth-order valence-corrected chi connectivity index (χ4v) is 1.97. The van der Waals surface area contributed by atoms with E-state index in [2.05, 4.69) is 6.92 Å². The Morgan fingerprint density at radius 3 is 1.80 bits per heavy atom. The minimum atomic E-state index is -0.308. The molecule has 0 unspecified atom stereocenters. The lowest BCUT2D eigenvalue weighted by atomic mass is 9.95. The quantitative estimate of drug-likeness (QED) is 0.561. The Hall–Kier alpha value is -1.38. The van der Waals surface area contributed by atoms with Crippen molar-refractivity contribution in [1.29, 1.82) is 0 Å². The average molecular weight is 207 g/mol. The summed E-state index contributed by atoms with van der Waals surface area (Å²) in [5.41, 5.74) is 3.73. The highest BCUT2D eigenvalue weighted by atomic mass is 16.6. The monoisotopic (exact) mass is 207 g/mol. The molecule has 0 saturated carbocycles. The van der Waals surface area contributed by atoms with Crippen molar-refractivity contribution in [3.63, 3.8) is 0 Å². The van der Waals surface area contributed by atoms with E-state index in [4.69, 9.17) is 0 Å². The van der Waals surface area contributed by atoms with E-state index in [1.807, 2.05) is 13.8 Å². The Morgan fingerprint density at radius 1 is 1.07 bits per heavy atom. The first-order valence-corrected chi connectivity index (χ1v) is 5.43. The van der Waals surface area contributed by atoms with Crippen LogP contribution in [0.2, 0.25) is 0 Å². The number of hydrogen-bond donors (Lipinski definition) is 0. The van der Waals surface area contributed by atoms with Crippen LogP contribution in [0.15, 0.2) is 12.1 Å². The lowest BCUT2D eigenvalue weighted by molar-refractivity contribution is -0.385. The van der Waals surface area contributed by atoms with Crippen LogP contribution in [-0.2, 0) is 19.3 Å². The highest BCUT2D eigenvalue weighted by Gasteiger charge is 2.13. The van der Waals surface area contributed by atoms with E-state index in [1.54, 1.807) is 12.1 Å². The lowest BCUT2D eigenvalue weighted by Crippen LogP contribution is -2.00. The predicted molar refractivity (Wildman–Crippen MR) is 61.2 cm³/mol. The Kier molecular flexibility index (Phi) is 3.83. The SMILES string of the molecule is CCc1cc([N+](=O)[O-])cc(CC)c1CC. The summed E-state index contributed by atoms with van der Waals surface area (Å²) in [6.07, 6.45) is 2.67. The van der Waals surface area contributed by atoms with Gasteiger partial charge in [-0.1, -0.05) is 20.8 Å². The van der Waals surface area contributed by atoms with E-state index in [1.165, 1.54) is 5.56 Å². The van der Waals surface area contributed by atoms with Crippen LogP contribution >= 0.6 is 0 Å². The molecule has 1 aromatic rings. The number of nitrogens with zero attached hydrogens (tertiary/aromatic N) is 1. The number of nitro groups is 1. The van der Waals surface area contributed by atoms with Gasteiger partial charge in [-0.3, -0.25) is 10.1 Å². The third-order valence-corrected chi connectivity index (χ3v) is 2.75. The first-order valence-electron chi connectivity index (χ1n) is 5.43. The van der Waals surface area contributed by atoms with E-state index < -0.39 is 0 Å². The first-order chi connectivity index (χ1) is 7.13. The molecule has 0 radical (unpaired) electrons. The fourth-order valence-electron chi connectivity index (χ4n) is 1.97. The molecule has 0 amide bonds. The summed E-state index contributed by atoms with van der Waals surface area (Å²) in [4.78, 5) is 10.4. The number of rotatable bonds is 4. The van der Waals surface area contributed by atoms with Crippen LogP contribution in [0.1, 0.15) is 37.5 Å². The molecule has 3 nitrogen and oxygen atoms in total. The molecule has 0 aromatic heterocycles. The van der Waals surface area contributed by atoms with Gasteiger partial charge in [0.2, 0.25) is 0 Å². The van der Waals surface area contributed by atoms with Crippen LogP contribution in [-0.4, -0.2) is 4.92 Å². The highest BCUT2D eigenvalue weighted by molar-refractivity contribution is 5.46. The maximum Gasteiger partial charge on any atom is 0.269 e. The standard InChI is InChI=1S/C12H17NO2/c1-4-9-7-11(13(14)15)8-10(5-2)12(9)6-3/h7-8H,4-6H2,1-3H3. The predicted octanol–water partition coefficient (Wildman–Crippen LogP) is 3.28. The van der Waals surface area contributed by atoms with Crippen LogP contribution in [0.25, 0.3) is 0 Å². The van der Waals surface area contributed by atoms with Gasteiger partial charge in [0.05, 0.1) is 4.92 Å². The van der Waals surface area contributed by atoms with Crippen molar-refractivity contribution in [3.8, 4) is 0 Å². The number of nitro benzene ring substituents is 1. The zero-order valence-corrected chi connectivity index (χ0v) is 9.54. The van der Waals surface area contributed by atoms with Crippen molar-refractivity contribution in [3.05, 3.63) is 38.9 Å². The molecule has 82 valence electrons. The molecular weight excluding hydrogens is 190 g/mol. The van der Waals surface area contributed by atoms with Gasteiger partial charge in [-0.2, -0.15) is 0 Å². The normalized spacial score (nSPS) is 10.3. The second kappa shape index (κ2) is 4.91. The number of hydrogen-bond acceptors (Lipinski definition) is 2. The summed E-state index contributed by atoms with van der Waals surface area (Å²) in [7, 11) is 0. The second-order valence-corrected chi connectivity index (χ2v) is 3.56. The Morgan fingerprint density at radius 2 is 1.53 bits per heavy atom. The third-order valence-electron chi connectivity index (χ3n) is 2.75. The molecule has 0 atom stereocenters. The van der Waals surface area contributed by atoms with Gasteiger partial charge in [-0.05, 0) is 36.0 Å². The maximum atomic E-state index is 10.7. The summed E-state index contributed by atoms with van der Waals surface area (Å²) < 4.78 is 0. The summed E-state index contributed by atoms with van der Waals surface area (Å²) in [6, 6.07) is 3.41. The van der Waals surface area contributed by atoms with Gasteiger partial charge in [-0.15, -0.1) is 0 Å². The molecule has 0 N–H and O–H groups in total. The van der Waals surface area contributed by atoms with Crippen molar-refractivity contribution < 1.29 is 4.92 Å². The molecule has 3 heteroatoms. The molecule has 0 aliphatic heterocycles. The number of aryl methyl sites for hydroxylation is 2. The van der Waals surface area contributed by atoms with Crippen molar-refractivity contribution in [2.75, 3.05) is 0 Å². The van der Waals surface area contributed by atoms with Gasteiger partial charge >= 0.3 is 0 Å². The molecule has 0 heterocycles. The minimum absolute atomic E-state index is 0.223. The van der Waals surface area contributed by atoms with E-state index in [0.29, 0.717) is 0 Å². The van der Waals surface area contributed by atoms with E-state index >= 15 is 0 Å². The van der Waals surface area contributed by atoms with E-state index in [-0.39, 0.29) is 10.6 Å². The highest BCUT2D eigenvalue weighted by Crippen LogP contribution is 2.24. The van der Waals surface area contributed by atoms with Crippen molar-refractivity contribution in [2.45, 2.75) is 40.0 Å². The van der Waals surface area contributed by atoms with Gasteiger partial charge in [-0.25, -0.2) is 0 Å². The molecule has 0 fully saturated rings. The Labute approximate surface area is 90.3 Å². The largest absolute Gasteiger partial charge is 0.269 e. The van der Waals surface area contributed by atoms with Gasteiger partial charge < -0.3 is 0 Å². The van der Waals surface area contributed by atoms with Gasteiger partial charge in [0, 0.05) is 12.1 Å². The summed E-state index contributed by atoms with van der Waals surface area (Å²) in [6.45, 7) is 6.18. The first kappa shape index (κ1) is 11.7. The smallest absolute Gasteiger partial charge is 0.258 e. The molecule has 1 aromatic carbocycles. The molecular formula is C12H17NO2. The van der Waals surface area contributed by atoms with E-state index in [0.717, 1.165) is 30.4 Å². The average Bonchev–Trinajstić information content (AvgIpc) is 2.26. The zero-order chi connectivity index (χ0) is 11.4. The Bertz CT molecular complexity index is 347.